The summed E-state index contributed by atoms with van der Waals surface area (Å²) < 4.78 is 68.8. The van der Waals surface area contributed by atoms with Crippen LogP contribution in [0.3, 0.4) is 0 Å². The number of hydrogen-bond donors (Lipinski definition) is 4. The van der Waals surface area contributed by atoms with E-state index < -0.39 is 58.5 Å². The molecule has 6 rings (SSSR count). The van der Waals surface area contributed by atoms with Crippen LogP contribution in [0, 0.1) is 11.8 Å². The van der Waals surface area contributed by atoms with Crippen molar-refractivity contribution in [3.63, 3.8) is 0 Å². The second-order valence-electron chi connectivity index (χ2n) is 16.1. The van der Waals surface area contributed by atoms with Gasteiger partial charge in [-0.05, 0) is 91.3 Å². The van der Waals surface area contributed by atoms with Crippen LogP contribution in [0.25, 0.3) is 0 Å². The zero-order chi connectivity index (χ0) is 41.2. The second kappa shape index (κ2) is 17.5. The highest BCUT2D eigenvalue weighted by atomic mass is 35.5. The Balaban J connectivity index is 1.40. The number of carbonyl (C=O) groups is 2. The second-order valence-corrected chi connectivity index (χ2v) is 18.4. The number of carbonyl (C=O) groups excluding carboxylic acids is 2. The number of hydrogen-bond acceptors (Lipinski definition) is 10. The Hall–Kier alpha value is -3.38. The van der Waals surface area contributed by atoms with Gasteiger partial charge in [0.15, 0.2) is 5.60 Å². The molecule has 1 spiro atoms. The highest BCUT2D eigenvalue weighted by molar-refractivity contribution is 7.87. The Morgan fingerprint density at radius 2 is 1.98 bits per heavy atom. The van der Waals surface area contributed by atoms with Crippen molar-refractivity contribution >= 4 is 39.3 Å². The van der Waals surface area contributed by atoms with E-state index in [4.69, 9.17) is 26.2 Å². The number of rotatable bonds is 10. The molecule has 57 heavy (non-hydrogen) atoms. The Kier molecular flexibility index (Phi) is 13.2. The molecule has 1 saturated carbocycles. The number of aryl methyl sites for hydroxylation is 1. The Labute approximate surface area is 338 Å². The average molecular weight is 838 g/mol. The number of nitrogens with one attached hydrogen (secondary N) is 2. The molecular formula is C40H54ClF2N5O8S. The van der Waals surface area contributed by atoms with E-state index >= 15 is 0 Å². The topological polar surface area (TPSA) is 161 Å². The number of fused-ring (bicyclic) bond motifs is 4. The van der Waals surface area contributed by atoms with Crippen molar-refractivity contribution in [2.75, 3.05) is 78.6 Å². The van der Waals surface area contributed by atoms with Crippen molar-refractivity contribution in [2.24, 2.45) is 11.8 Å². The van der Waals surface area contributed by atoms with Crippen molar-refractivity contribution in [1.82, 2.24) is 19.2 Å². The minimum absolute atomic E-state index is 0.0347. The summed E-state index contributed by atoms with van der Waals surface area (Å²) in [5, 5.41) is 24.6. The van der Waals surface area contributed by atoms with Gasteiger partial charge in [-0.3, -0.25) is 9.59 Å². The van der Waals surface area contributed by atoms with E-state index in [-0.39, 0.29) is 43.2 Å². The SMILES string of the molecule is CN1CC/C=C/[C@H](OCCNCC(F)(F)CO)[C@@H]2CC[C@H]2CN2C[C@@]3(CCCc4cc(Cl)ccc43)COc3ccc(cc32)[C@](O)(C(=O)NS(=O)(=O)N(C)C)CC1=O. The molecule has 1 fully saturated rings. The number of alkyl halides is 2. The molecule has 314 valence electrons. The molecule has 2 aromatic carbocycles. The lowest BCUT2D eigenvalue weighted by atomic mass is 9.68. The minimum atomic E-state index is -4.34. The maximum atomic E-state index is 13.9. The summed E-state index contributed by atoms with van der Waals surface area (Å²) in [6, 6.07) is 10.8. The van der Waals surface area contributed by atoms with Crippen LogP contribution < -0.4 is 19.7 Å². The number of benzene rings is 2. The van der Waals surface area contributed by atoms with E-state index in [1.54, 1.807) is 19.2 Å². The summed E-state index contributed by atoms with van der Waals surface area (Å²) in [6.07, 6.45) is 7.56. The van der Waals surface area contributed by atoms with E-state index in [0.29, 0.717) is 42.6 Å². The summed E-state index contributed by atoms with van der Waals surface area (Å²) in [7, 11) is -0.306. The molecule has 2 amide bonds. The van der Waals surface area contributed by atoms with E-state index in [0.717, 1.165) is 47.5 Å². The first-order valence-corrected chi connectivity index (χ1v) is 21.3. The van der Waals surface area contributed by atoms with E-state index in [9.17, 15) is 31.9 Å². The van der Waals surface area contributed by atoms with Crippen LogP contribution in [0.15, 0.2) is 48.6 Å². The fraction of sp³-hybridized carbons (Fsp3) is 0.600. The van der Waals surface area contributed by atoms with E-state index in [1.165, 1.54) is 25.1 Å². The van der Waals surface area contributed by atoms with Crippen molar-refractivity contribution in [2.45, 2.75) is 68.0 Å². The fourth-order valence-electron chi connectivity index (χ4n) is 8.41. The third-order valence-electron chi connectivity index (χ3n) is 11.9. The van der Waals surface area contributed by atoms with Gasteiger partial charge in [-0.2, -0.15) is 12.7 Å². The Morgan fingerprint density at radius 3 is 2.70 bits per heavy atom. The Bertz CT molecular complexity index is 1940. The lowest BCUT2D eigenvalue weighted by Gasteiger charge is -2.46. The number of aliphatic hydroxyl groups excluding tert-OH is 1. The highest BCUT2D eigenvalue weighted by Gasteiger charge is 2.47. The molecule has 13 nitrogen and oxygen atoms in total. The number of nitrogens with zero attached hydrogens (tertiary/aromatic N) is 3. The molecule has 0 radical (unpaired) electrons. The lowest BCUT2D eigenvalue weighted by molar-refractivity contribution is -0.148. The summed E-state index contributed by atoms with van der Waals surface area (Å²) in [5.41, 5.74) is -0.0974. The standard InChI is InChI=1S/C40H54ClF2N5O8S/c1-46(2)57(53,54)45-37(51)40(52)21-36(50)47(3)17-5-4-8-34(55-18-16-44-23-39(42,43)25-49)31-12-9-28(31)22-48-24-38(26-56-35-14-10-29(40)20-33(35)48)15-6-7-27-19-30(41)11-13-32(27)38/h4,8,10-11,13-14,19-20,28,31,34,44,49,52H,5-7,9,12,15-18,21-26H2,1-3H3,(H,45,51)/b8-4+/t28-,31+,34-,38-,40-/m0/s1. The van der Waals surface area contributed by atoms with Crippen LogP contribution in [-0.2, 0) is 42.0 Å². The lowest BCUT2D eigenvalue weighted by Crippen LogP contribution is -2.52. The van der Waals surface area contributed by atoms with Crippen LogP contribution in [0.5, 0.6) is 5.75 Å². The van der Waals surface area contributed by atoms with Crippen LogP contribution in [0.4, 0.5) is 14.5 Å². The first-order valence-electron chi connectivity index (χ1n) is 19.5. The summed E-state index contributed by atoms with van der Waals surface area (Å²) >= 11 is 6.46. The largest absolute Gasteiger partial charge is 0.490 e. The molecule has 4 N–H and O–H groups in total. The predicted octanol–water partition coefficient (Wildman–Crippen LogP) is 3.36. The van der Waals surface area contributed by atoms with Crippen molar-refractivity contribution in [3.05, 3.63) is 70.3 Å². The van der Waals surface area contributed by atoms with Gasteiger partial charge in [0, 0.05) is 57.8 Å². The zero-order valence-electron chi connectivity index (χ0n) is 32.7. The van der Waals surface area contributed by atoms with Gasteiger partial charge in [0.1, 0.15) is 12.4 Å². The van der Waals surface area contributed by atoms with Gasteiger partial charge in [0.05, 0.1) is 38.0 Å². The maximum Gasteiger partial charge on any atom is 0.303 e. The number of halogens is 3. The highest BCUT2D eigenvalue weighted by Crippen LogP contribution is 2.48. The average Bonchev–Trinajstić information content (AvgIpc) is 3.30. The van der Waals surface area contributed by atoms with Crippen LogP contribution in [-0.4, -0.2) is 125 Å². The van der Waals surface area contributed by atoms with Gasteiger partial charge in [-0.25, -0.2) is 13.5 Å². The number of anilines is 1. The molecule has 2 heterocycles. The molecule has 2 aliphatic heterocycles. The molecule has 17 heteroatoms. The van der Waals surface area contributed by atoms with Crippen molar-refractivity contribution in [3.8, 4) is 5.75 Å². The zero-order valence-corrected chi connectivity index (χ0v) is 34.3. The normalized spacial score (nSPS) is 27.5. The summed E-state index contributed by atoms with van der Waals surface area (Å²) in [6.45, 7) is 0.0495. The summed E-state index contributed by atoms with van der Waals surface area (Å²) in [5.74, 6) is -4.38. The number of aliphatic hydroxyl groups is 2. The predicted molar refractivity (Wildman–Crippen MR) is 212 cm³/mol. The number of amides is 2. The van der Waals surface area contributed by atoms with Gasteiger partial charge >= 0.3 is 10.2 Å². The van der Waals surface area contributed by atoms with Gasteiger partial charge < -0.3 is 34.8 Å². The quantitative estimate of drug-likeness (QED) is 0.207. The van der Waals surface area contributed by atoms with Crippen LogP contribution in [0.1, 0.15) is 55.2 Å². The molecule has 2 aliphatic carbocycles. The fourth-order valence-corrected chi connectivity index (χ4v) is 9.19. The molecule has 2 bridgehead atoms. The first kappa shape index (κ1) is 43.2. The smallest absolute Gasteiger partial charge is 0.303 e. The van der Waals surface area contributed by atoms with Gasteiger partial charge in [0.2, 0.25) is 5.91 Å². The van der Waals surface area contributed by atoms with Gasteiger partial charge in [0.25, 0.3) is 11.8 Å². The molecule has 0 unspecified atom stereocenters. The molecule has 4 aliphatic rings. The summed E-state index contributed by atoms with van der Waals surface area (Å²) in [4.78, 5) is 31.3. The third kappa shape index (κ3) is 9.58. The first-order chi connectivity index (χ1) is 27.0. The molecule has 5 atom stereocenters. The molecular weight excluding hydrogens is 784 g/mol. The van der Waals surface area contributed by atoms with E-state index in [1.807, 2.05) is 29.0 Å². The van der Waals surface area contributed by atoms with Crippen LogP contribution >= 0.6 is 11.6 Å². The van der Waals surface area contributed by atoms with Crippen molar-refractivity contribution < 1.29 is 46.5 Å². The van der Waals surface area contributed by atoms with E-state index in [2.05, 4.69) is 16.3 Å². The van der Waals surface area contributed by atoms with Gasteiger partial charge in [-0.15, -0.1) is 0 Å². The van der Waals surface area contributed by atoms with Crippen LogP contribution in [0.2, 0.25) is 5.02 Å². The Morgan fingerprint density at radius 1 is 1.19 bits per heavy atom. The monoisotopic (exact) mass is 837 g/mol. The minimum Gasteiger partial charge on any atom is -0.490 e. The molecule has 0 saturated heterocycles. The van der Waals surface area contributed by atoms with Crippen molar-refractivity contribution in [1.29, 1.82) is 0 Å². The van der Waals surface area contributed by atoms with Gasteiger partial charge in [-0.1, -0.05) is 35.9 Å². The molecule has 2 aromatic rings. The maximum absolute atomic E-state index is 13.9. The third-order valence-corrected chi connectivity index (χ3v) is 13.6. The molecule has 0 aromatic heterocycles. The number of ether oxygens (including phenoxy) is 2.